The van der Waals surface area contributed by atoms with Gasteiger partial charge in [-0.25, -0.2) is 9.37 Å². The van der Waals surface area contributed by atoms with E-state index in [9.17, 15) is 4.39 Å². The summed E-state index contributed by atoms with van der Waals surface area (Å²) in [5.41, 5.74) is 0.605. The van der Waals surface area contributed by atoms with Gasteiger partial charge in [0.25, 0.3) is 0 Å². The van der Waals surface area contributed by atoms with Gasteiger partial charge >= 0.3 is 7.12 Å². The minimum absolute atomic E-state index is 0.327. The number of hydrogen-bond donors (Lipinski definition) is 0. The Labute approximate surface area is 152 Å². The minimum atomic E-state index is -0.997. The molecule has 1 aliphatic heterocycles. The molecule has 2 heterocycles. The summed E-state index contributed by atoms with van der Waals surface area (Å²) in [7, 11) is -0.997. The molecule has 130 valence electrons. The van der Waals surface area contributed by atoms with E-state index in [-0.39, 0.29) is 0 Å². The van der Waals surface area contributed by atoms with E-state index in [1.165, 1.54) is 12.3 Å². The van der Waals surface area contributed by atoms with Gasteiger partial charge in [-0.15, -0.1) is 0 Å². The molecule has 0 amide bonds. The maximum Gasteiger partial charge on any atom is 0.525 e. The normalized spacial score (nSPS) is 19.3. The van der Waals surface area contributed by atoms with Gasteiger partial charge in [0.15, 0.2) is 0 Å². The molecular formula is C18H19BClFN2O2. The largest absolute Gasteiger partial charge is 0.525 e. The Morgan fingerprint density at radius 1 is 1.08 bits per heavy atom. The van der Waals surface area contributed by atoms with Gasteiger partial charge in [-0.1, -0.05) is 35.9 Å². The van der Waals surface area contributed by atoms with E-state index >= 15 is 0 Å². The Morgan fingerprint density at radius 2 is 1.68 bits per heavy atom. The maximum absolute atomic E-state index is 14.5. The summed E-state index contributed by atoms with van der Waals surface area (Å²) < 4.78 is 25.9. The lowest BCUT2D eigenvalue weighted by molar-refractivity contribution is 0.00578. The van der Waals surface area contributed by atoms with Gasteiger partial charge in [0.2, 0.25) is 0 Å². The van der Waals surface area contributed by atoms with Crippen LogP contribution in [0.2, 0.25) is 5.15 Å². The highest BCUT2D eigenvalue weighted by Gasteiger charge is 2.53. The van der Waals surface area contributed by atoms with E-state index in [1.807, 2.05) is 39.8 Å². The van der Waals surface area contributed by atoms with Crippen molar-refractivity contribution in [2.75, 3.05) is 0 Å². The highest BCUT2D eigenvalue weighted by Crippen LogP contribution is 2.39. The smallest absolute Gasteiger partial charge is 0.398 e. The molecule has 2 aromatic rings. The Bertz CT molecular complexity index is 793. The number of nitrogens with zero attached hydrogens (tertiary/aromatic N) is 2. The quantitative estimate of drug-likeness (QED) is 0.742. The fourth-order valence-corrected chi connectivity index (χ4v) is 2.56. The summed E-state index contributed by atoms with van der Waals surface area (Å²) in [6, 6.07) is 7.26. The van der Waals surface area contributed by atoms with Gasteiger partial charge in [-0.2, -0.15) is 0 Å². The summed E-state index contributed by atoms with van der Waals surface area (Å²) in [6.45, 7) is 7.56. The molecule has 7 heteroatoms. The van der Waals surface area contributed by atoms with Gasteiger partial charge < -0.3 is 9.31 Å². The summed E-state index contributed by atoms with van der Waals surface area (Å²) in [6.07, 6.45) is 4.51. The van der Waals surface area contributed by atoms with Gasteiger partial charge in [0, 0.05) is 5.56 Å². The second kappa shape index (κ2) is 6.52. The van der Waals surface area contributed by atoms with Crippen molar-refractivity contribution >= 4 is 24.8 Å². The first-order valence-electron chi connectivity index (χ1n) is 7.99. The molecule has 1 aromatic heterocycles. The molecule has 1 saturated heterocycles. The van der Waals surface area contributed by atoms with Crippen LogP contribution in [0.1, 0.15) is 33.3 Å². The van der Waals surface area contributed by atoms with Crippen LogP contribution in [0.25, 0.3) is 17.3 Å². The van der Waals surface area contributed by atoms with E-state index in [2.05, 4.69) is 9.97 Å². The number of halogens is 2. The van der Waals surface area contributed by atoms with Crippen molar-refractivity contribution in [3.05, 3.63) is 53.1 Å². The van der Waals surface area contributed by atoms with Crippen LogP contribution in [0.5, 0.6) is 0 Å². The van der Waals surface area contributed by atoms with E-state index in [4.69, 9.17) is 20.9 Å². The maximum atomic E-state index is 14.5. The van der Waals surface area contributed by atoms with Gasteiger partial charge in [-0.05, 0) is 39.3 Å². The molecule has 1 fully saturated rings. The summed E-state index contributed by atoms with van der Waals surface area (Å²) in [5, 5.41) is 0.327. The van der Waals surface area contributed by atoms with Crippen molar-refractivity contribution in [3.8, 4) is 11.3 Å². The lowest BCUT2D eigenvalue weighted by Gasteiger charge is -2.32. The second-order valence-electron chi connectivity index (χ2n) is 6.97. The van der Waals surface area contributed by atoms with Crippen LogP contribution in [0.4, 0.5) is 4.39 Å². The highest BCUT2D eigenvalue weighted by molar-refractivity contribution is 6.54. The molecule has 0 radical (unpaired) electrons. The zero-order valence-electron chi connectivity index (χ0n) is 14.6. The number of rotatable bonds is 3. The lowest BCUT2D eigenvalue weighted by Crippen LogP contribution is -2.41. The Morgan fingerprint density at radius 3 is 2.24 bits per heavy atom. The molecule has 0 N–H and O–H groups in total. The van der Waals surface area contributed by atoms with Crippen LogP contribution < -0.4 is 0 Å². The van der Waals surface area contributed by atoms with Crippen molar-refractivity contribution in [1.29, 1.82) is 0 Å². The highest BCUT2D eigenvalue weighted by atomic mass is 35.5. The molecule has 0 saturated carbocycles. The van der Waals surface area contributed by atoms with E-state index in [1.54, 1.807) is 18.3 Å². The molecular weight excluding hydrogens is 341 g/mol. The van der Waals surface area contributed by atoms with Crippen LogP contribution >= 0.6 is 11.6 Å². The third-order valence-corrected chi connectivity index (χ3v) is 4.78. The van der Waals surface area contributed by atoms with Crippen molar-refractivity contribution in [2.24, 2.45) is 0 Å². The zero-order chi connectivity index (χ0) is 18.2. The Balaban J connectivity index is 1.78. The topological polar surface area (TPSA) is 44.2 Å². The SMILES string of the molecule is CC1(C)OB(C(F)=Cc2ccc(-c3cncc(Cl)n3)cc2)OC1(C)C. The monoisotopic (exact) mass is 360 g/mol. The molecule has 4 nitrogen and oxygen atoms in total. The fraction of sp³-hybridized carbons (Fsp3) is 0.333. The first kappa shape index (κ1) is 18.0. The van der Waals surface area contributed by atoms with Crippen LogP contribution in [0, 0.1) is 0 Å². The van der Waals surface area contributed by atoms with Crippen LogP contribution in [-0.2, 0) is 9.31 Å². The molecule has 1 aromatic carbocycles. The van der Waals surface area contributed by atoms with E-state index < -0.39 is 24.0 Å². The predicted octanol–water partition coefficient (Wildman–Crippen LogP) is 4.74. The molecule has 25 heavy (non-hydrogen) atoms. The molecule has 0 aliphatic carbocycles. The molecule has 0 spiro atoms. The fourth-order valence-electron chi connectivity index (χ4n) is 2.41. The van der Waals surface area contributed by atoms with Gasteiger partial charge in [0.1, 0.15) is 10.9 Å². The predicted molar refractivity (Wildman–Crippen MR) is 97.6 cm³/mol. The molecule has 3 rings (SSSR count). The average molecular weight is 361 g/mol. The Hall–Kier alpha value is -1.76. The standard InChI is InChI=1S/C18H19BClFN2O2/c1-17(2)18(3,4)25-19(24-17)15(21)9-12-5-7-13(8-6-12)14-10-22-11-16(20)23-14/h5-11H,1-4H3. The van der Waals surface area contributed by atoms with Crippen molar-refractivity contribution in [3.63, 3.8) is 0 Å². The number of hydrogen-bond acceptors (Lipinski definition) is 4. The molecule has 1 aliphatic rings. The summed E-state index contributed by atoms with van der Waals surface area (Å²) >= 11 is 5.85. The third-order valence-electron chi connectivity index (χ3n) is 4.59. The molecule has 0 unspecified atom stereocenters. The van der Waals surface area contributed by atoms with Crippen molar-refractivity contribution in [2.45, 2.75) is 38.9 Å². The first-order valence-corrected chi connectivity index (χ1v) is 8.36. The van der Waals surface area contributed by atoms with Crippen LogP contribution in [0.15, 0.2) is 42.4 Å². The van der Waals surface area contributed by atoms with Crippen molar-refractivity contribution < 1.29 is 13.7 Å². The van der Waals surface area contributed by atoms with Crippen molar-refractivity contribution in [1.82, 2.24) is 9.97 Å². The van der Waals surface area contributed by atoms with Crippen LogP contribution in [-0.4, -0.2) is 28.3 Å². The van der Waals surface area contributed by atoms with E-state index in [0.29, 0.717) is 16.4 Å². The van der Waals surface area contributed by atoms with Gasteiger partial charge in [-0.3, -0.25) is 4.98 Å². The average Bonchev–Trinajstić information content (AvgIpc) is 2.76. The van der Waals surface area contributed by atoms with Gasteiger partial charge in [0.05, 0.1) is 29.3 Å². The molecule has 0 atom stereocenters. The zero-order valence-corrected chi connectivity index (χ0v) is 15.3. The Kier molecular flexibility index (Phi) is 4.71. The first-order chi connectivity index (χ1) is 11.7. The lowest BCUT2D eigenvalue weighted by atomic mass is 9.86. The summed E-state index contributed by atoms with van der Waals surface area (Å²) in [4.78, 5) is 8.21. The number of benzene rings is 1. The second-order valence-corrected chi connectivity index (χ2v) is 7.35. The summed E-state index contributed by atoms with van der Waals surface area (Å²) in [5.74, 6) is 0. The van der Waals surface area contributed by atoms with E-state index in [0.717, 1.165) is 5.56 Å². The third kappa shape index (κ3) is 3.76. The number of aromatic nitrogens is 2. The van der Waals surface area contributed by atoms with Crippen LogP contribution in [0.3, 0.4) is 0 Å². The minimum Gasteiger partial charge on any atom is -0.398 e. The molecule has 0 bridgehead atoms.